The van der Waals surface area contributed by atoms with Gasteiger partial charge in [-0.2, -0.15) is 0 Å². The minimum Gasteiger partial charge on any atom is -0.373 e. The van der Waals surface area contributed by atoms with E-state index in [1.807, 2.05) is 56.3 Å². The van der Waals surface area contributed by atoms with Crippen LogP contribution in [0.1, 0.15) is 42.9 Å². The first-order chi connectivity index (χ1) is 12.5. The van der Waals surface area contributed by atoms with E-state index in [1.165, 1.54) is 10.5 Å². The Balaban J connectivity index is 1.75. The van der Waals surface area contributed by atoms with E-state index in [9.17, 15) is 9.59 Å². The molecular weight excluding hydrogens is 324 g/mol. The summed E-state index contributed by atoms with van der Waals surface area (Å²) >= 11 is 0. The normalized spacial score (nSPS) is 17.0. The number of carbonyl (C=O) groups excluding carboxylic acids is 2. The Morgan fingerprint density at radius 1 is 1.08 bits per heavy atom. The van der Waals surface area contributed by atoms with Gasteiger partial charge in [-0.15, -0.1) is 0 Å². The molecule has 1 aliphatic rings. The Morgan fingerprint density at radius 2 is 1.81 bits per heavy atom. The number of imide groups is 1. The van der Waals surface area contributed by atoms with Crippen molar-refractivity contribution in [3.8, 4) is 0 Å². The lowest BCUT2D eigenvalue weighted by Crippen LogP contribution is -2.34. The molecule has 1 N–H and O–H groups in total. The van der Waals surface area contributed by atoms with Crippen molar-refractivity contribution in [2.24, 2.45) is 0 Å². The molecule has 0 aliphatic carbocycles. The van der Waals surface area contributed by atoms with Crippen molar-refractivity contribution in [2.75, 3.05) is 10.2 Å². The van der Waals surface area contributed by atoms with Gasteiger partial charge in [-0.25, -0.2) is 4.90 Å². The smallest absolute Gasteiger partial charge is 0.256 e. The van der Waals surface area contributed by atoms with Crippen LogP contribution in [0.4, 0.5) is 11.4 Å². The summed E-state index contributed by atoms with van der Waals surface area (Å²) in [6.07, 6.45) is 3.50. The number of benzene rings is 2. The Kier molecular flexibility index (Phi) is 5.40. The number of hydrogen-bond donors (Lipinski definition) is 1. The van der Waals surface area contributed by atoms with Gasteiger partial charge in [0.15, 0.2) is 0 Å². The topological polar surface area (TPSA) is 49.4 Å². The van der Waals surface area contributed by atoms with Crippen LogP contribution in [-0.2, 0) is 16.0 Å². The number of carbonyl (C=O) groups is 2. The summed E-state index contributed by atoms with van der Waals surface area (Å²) in [5, 5.41) is 3.26. The molecule has 3 rings (SSSR count). The van der Waals surface area contributed by atoms with Crippen molar-refractivity contribution in [1.29, 1.82) is 0 Å². The molecule has 2 amide bonds. The van der Waals surface area contributed by atoms with Gasteiger partial charge in [0.1, 0.15) is 6.04 Å². The maximum Gasteiger partial charge on any atom is 0.256 e. The minimum atomic E-state index is -0.511. The second-order valence-electron chi connectivity index (χ2n) is 7.06. The van der Waals surface area contributed by atoms with Crippen molar-refractivity contribution in [3.63, 3.8) is 0 Å². The minimum absolute atomic E-state index is 0.154. The van der Waals surface area contributed by atoms with E-state index in [1.54, 1.807) is 0 Å². The molecule has 1 aliphatic heterocycles. The van der Waals surface area contributed by atoms with Gasteiger partial charge < -0.3 is 5.32 Å². The van der Waals surface area contributed by atoms with Gasteiger partial charge in [0, 0.05) is 5.69 Å². The van der Waals surface area contributed by atoms with Crippen LogP contribution in [0.2, 0.25) is 0 Å². The summed E-state index contributed by atoms with van der Waals surface area (Å²) in [5.41, 5.74) is 4.99. The largest absolute Gasteiger partial charge is 0.373 e. The number of hydrogen-bond acceptors (Lipinski definition) is 3. The molecule has 0 aromatic heterocycles. The third kappa shape index (κ3) is 3.79. The molecule has 2 aromatic rings. The summed E-state index contributed by atoms with van der Waals surface area (Å²) in [7, 11) is 0. The number of rotatable bonds is 6. The molecule has 1 saturated heterocycles. The summed E-state index contributed by atoms with van der Waals surface area (Å²) in [6, 6.07) is 13.3. The number of nitrogens with one attached hydrogen (secondary N) is 1. The monoisotopic (exact) mass is 350 g/mol. The van der Waals surface area contributed by atoms with Gasteiger partial charge in [0.25, 0.3) is 5.91 Å². The van der Waals surface area contributed by atoms with E-state index in [-0.39, 0.29) is 18.2 Å². The molecule has 4 nitrogen and oxygen atoms in total. The molecule has 1 fully saturated rings. The first-order valence-electron chi connectivity index (χ1n) is 9.29. The van der Waals surface area contributed by atoms with Crippen LogP contribution in [-0.4, -0.2) is 17.9 Å². The standard InChI is InChI=1S/C22H26N2O2/c1-4-5-6-17-9-11-18(12-10-17)24-21(25)14-20(22(24)26)23-19-13-15(2)7-8-16(19)3/h7-13,20,23H,4-6,14H2,1-3H3. The molecule has 2 aromatic carbocycles. The third-order valence-corrected chi connectivity index (χ3v) is 4.88. The Hall–Kier alpha value is -2.62. The number of aryl methyl sites for hydroxylation is 3. The highest BCUT2D eigenvalue weighted by atomic mass is 16.2. The molecular formula is C22H26N2O2. The van der Waals surface area contributed by atoms with Gasteiger partial charge in [0.05, 0.1) is 12.1 Å². The fourth-order valence-electron chi connectivity index (χ4n) is 3.29. The molecule has 1 heterocycles. The van der Waals surface area contributed by atoms with Crippen LogP contribution >= 0.6 is 0 Å². The summed E-state index contributed by atoms with van der Waals surface area (Å²) < 4.78 is 0. The molecule has 0 radical (unpaired) electrons. The average molecular weight is 350 g/mol. The fourth-order valence-corrected chi connectivity index (χ4v) is 3.29. The molecule has 4 heteroatoms. The van der Waals surface area contributed by atoms with E-state index in [2.05, 4.69) is 12.2 Å². The molecule has 0 bridgehead atoms. The Bertz CT molecular complexity index is 811. The van der Waals surface area contributed by atoms with E-state index in [0.717, 1.165) is 36.1 Å². The van der Waals surface area contributed by atoms with Gasteiger partial charge >= 0.3 is 0 Å². The quantitative estimate of drug-likeness (QED) is 0.786. The lowest BCUT2D eigenvalue weighted by molar-refractivity contribution is -0.121. The molecule has 1 atom stereocenters. The number of nitrogens with zero attached hydrogens (tertiary/aromatic N) is 1. The molecule has 0 saturated carbocycles. The van der Waals surface area contributed by atoms with E-state index >= 15 is 0 Å². The molecule has 1 unspecified atom stereocenters. The first-order valence-corrected chi connectivity index (χ1v) is 9.29. The zero-order chi connectivity index (χ0) is 18.7. The predicted molar refractivity (Wildman–Crippen MR) is 105 cm³/mol. The first kappa shape index (κ1) is 18.2. The van der Waals surface area contributed by atoms with Crippen molar-refractivity contribution in [3.05, 3.63) is 59.2 Å². The van der Waals surface area contributed by atoms with Crippen molar-refractivity contribution in [1.82, 2.24) is 0 Å². The maximum absolute atomic E-state index is 12.8. The Labute approximate surface area is 155 Å². The van der Waals surface area contributed by atoms with Crippen LogP contribution in [0.5, 0.6) is 0 Å². The van der Waals surface area contributed by atoms with Crippen molar-refractivity contribution in [2.45, 2.75) is 52.5 Å². The second kappa shape index (κ2) is 7.73. The third-order valence-electron chi connectivity index (χ3n) is 4.88. The number of anilines is 2. The van der Waals surface area contributed by atoms with Gasteiger partial charge in [-0.05, 0) is 61.6 Å². The maximum atomic E-state index is 12.8. The highest BCUT2D eigenvalue weighted by molar-refractivity contribution is 6.23. The second-order valence-corrected chi connectivity index (χ2v) is 7.06. The van der Waals surface area contributed by atoms with Crippen LogP contribution in [0.3, 0.4) is 0 Å². The highest BCUT2D eigenvalue weighted by Crippen LogP contribution is 2.27. The zero-order valence-electron chi connectivity index (χ0n) is 15.7. The zero-order valence-corrected chi connectivity index (χ0v) is 15.7. The number of amides is 2. The van der Waals surface area contributed by atoms with Crippen LogP contribution in [0.15, 0.2) is 42.5 Å². The van der Waals surface area contributed by atoms with Crippen LogP contribution in [0, 0.1) is 13.8 Å². The SMILES string of the molecule is CCCCc1ccc(N2C(=O)CC(Nc3cc(C)ccc3C)C2=O)cc1. The van der Waals surface area contributed by atoms with E-state index in [4.69, 9.17) is 0 Å². The van der Waals surface area contributed by atoms with Crippen LogP contribution in [0.25, 0.3) is 0 Å². The summed E-state index contributed by atoms with van der Waals surface area (Å²) in [6.45, 7) is 6.17. The predicted octanol–water partition coefficient (Wildman–Crippen LogP) is 4.39. The lowest BCUT2D eigenvalue weighted by Gasteiger charge is -2.17. The van der Waals surface area contributed by atoms with Crippen LogP contribution < -0.4 is 10.2 Å². The average Bonchev–Trinajstić information content (AvgIpc) is 2.90. The fraction of sp³-hybridized carbons (Fsp3) is 0.364. The molecule has 26 heavy (non-hydrogen) atoms. The van der Waals surface area contributed by atoms with Gasteiger partial charge in [-0.3, -0.25) is 9.59 Å². The van der Waals surface area contributed by atoms with E-state index < -0.39 is 6.04 Å². The Morgan fingerprint density at radius 3 is 2.50 bits per heavy atom. The highest BCUT2D eigenvalue weighted by Gasteiger charge is 2.39. The molecule has 136 valence electrons. The van der Waals surface area contributed by atoms with Crippen molar-refractivity contribution < 1.29 is 9.59 Å². The van der Waals surface area contributed by atoms with Gasteiger partial charge in [0.2, 0.25) is 5.91 Å². The van der Waals surface area contributed by atoms with E-state index in [0.29, 0.717) is 5.69 Å². The molecule has 0 spiro atoms. The summed E-state index contributed by atoms with van der Waals surface area (Å²) in [4.78, 5) is 26.6. The van der Waals surface area contributed by atoms with Gasteiger partial charge in [-0.1, -0.05) is 37.6 Å². The lowest BCUT2D eigenvalue weighted by atomic mass is 10.1. The summed E-state index contributed by atoms with van der Waals surface area (Å²) in [5.74, 6) is -0.337. The van der Waals surface area contributed by atoms with Crippen molar-refractivity contribution >= 4 is 23.2 Å². The number of unbranched alkanes of at least 4 members (excludes halogenated alkanes) is 1.